The van der Waals surface area contributed by atoms with Gasteiger partial charge in [-0.05, 0) is 24.6 Å². The van der Waals surface area contributed by atoms with Crippen molar-refractivity contribution >= 4 is 45.2 Å². The van der Waals surface area contributed by atoms with Crippen LogP contribution in [0.15, 0.2) is 22.7 Å². The second kappa shape index (κ2) is 7.86. The summed E-state index contributed by atoms with van der Waals surface area (Å²) in [7, 11) is 0. The van der Waals surface area contributed by atoms with Crippen molar-refractivity contribution in [2.24, 2.45) is 0 Å². The molecule has 0 aromatic heterocycles. The number of amides is 4. The Hall–Kier alpha value is -2.42. The fourth-order valence-corrected chi connectivity index (χ4v) is 3.23. The maximum atomic E-state index is 12.2. The summed E-state index contributed by atoms with van der Waals surface area (Å²) in [5.74, 6) is -0.389. The molecule has 0 radical (unpaired) electrons. The van der Waals surface area contributed by atoms with Crippen molar-refractivity contribution in [3.8, 4) is 5.75 Å². The molecule has 1 fully saturated rings. The first-order valence-electron chi connectivity index (χ1n) is 8.28. The molecule has 138 valence electrons. The van der Waals surface area contributed by atoms with E-state index in [-0.39, 0.29) is 49.6 Å². The van der Waals surface area contributed by atoms with Gasteiger partial charge in [0.05, 0.1) is 5.69 Å². The van der Waals surface area contributed by atoms with Crippen LogP contribution in [-0.4, -0.2) is 54.8 Å². The van der Waals surface area contributed by atoms with Crippen LogP contribution >= 0.6 is 15.9 Å². The van der Waals surface area contributed by atoms with Gasteiger partial charge in [0.25, 0.3) is 5.91 Å². The van der Waals surface area contributed by atoms with Crippen molar-refractivity contribution in [1.82, 2.24) is 10.2 Å². The fourth-order valence-electron chi connectivity index (χ4n) is 2.89. The molecule has 1 saturated heterocycles. The summed E-state index contributed by atoms with van der Waals surface area (Å²) < 4.78 is 6.20. The molecule has 0 saturated carbocycles. The third-order valence-electron chi connectivity index (χ3n) is 4.20. The Bertz CT molecular complexity index is 751. The number of nitrogens with zero attached hydrogens (tertiary/aromatic N) is 2. The number of hydrogen-bond acceptors (Lipinski definition) is 5. The molecule has 1 N–H and O–H groups in total. The standard InChI is InChI=1S/C17H18BrN3O5/c18-11-2-3-12-13(8-11)26-10-17(25)21(12)9-14(22)19-6-1-7-20-15(23)4-5-16(20)24/h2-3,8H,1,4-7,9-10H2,(H,19,22). The Labute approximate surface area is 158 Å². The van der Waals surface area contributed by atoms with E-state index < -0.39 is 0 Å². The van der Waals surface area contributed by atoms with Crippen LogP contribution in [0.3, 0.4) is 0 Å². The molecule has 1 aromatic carbocycles. The fraction of sp³-hybridized carbons (Fsp3) is 0.412. The molecule has 1 aromatic rings. The smallest absolute Gasteiger partial charge is 0.265 e. The lowest BCUT2D eigenvalue weighted by atomic mass is 10.2. The number of halogens is 1. The third kappa shape index (κ3) is 4.04. The molecule has 2 aliphatic rings. The van der Waals surface area contributed by atoms with Gasteiger partial charge in [0, 0.05) is 30.4 Å². The summed E-state index contributed by atoms with van der Waals surface area (Å²) in [6.45, 7) is 0.390. The van der Waals surface area contributed by atoms with E-state index in [9.17, 15) is 19.2 Å². The zero-order chi connectivity index (χ0) is 18.7. The van der Waals surface area contributed by atoms with Gasteiger partial charge in [-0.2, -0.15) is 0 Å². The Balaban J connectivity index is 1.50. The number of anilines is 1. The number of fused-ring (bicyclic) bond motifs is 1. The summed E-state index contributed by atoms with van der Waals surface area (Å²) in [5, 5.41) is 2.71. The van der Waals surface area contributed by atoms with Gasteiger partial charge in [0.15, 0.2) is 6.61 Å². The van der Waals surface area contributed by atoms with Crippen molar-refractivity contribution in [1.29, 1.82) is 0 Å². The molecule has 2 heterocycles. The van der Waals surface area contributed by atoms with Crippen molar-refractivity contribution in [2.45, 2.75) is 19.3 Å². The monoisotopic (exact) mass is 423 g/mol. The van der Waals surface area contributed by atoms with Crippen LogP contribution in [0, 0.1) is 0 Å². The Morgan fingerprint density at radius 2 is 1.85 bits per heavy atom. The summed E-state index contributed by atoms with van der Waals surface area (Å²) in [4.78, 5) is 49.9. The quantitative estimate of drug-likeness (QED) is 0.539. The highest BCUT2D eigenvalue weighted by molar-refractivity contribution is 9.10. The normalized spacial score (nSPS) is 16.6. The molecule has 0 atom stereocenters. The minimum absolute atomic E-state index is 0.113. The number of imide groups is 1. The maximum absolute atomic E-state index is 12.2. The number of nitrogens with one attached hydrogen (secondary N) is 1. The number of ether oxygens (including phenoxy) is 1. The number of carbonyl (C=O) groups is 4. The average Bonchev–Trinajstić information content (AvgIpc) is 2.93. The van der Waals surface area contributed by atoms with E-state index >= 15 is 0 Å². The van der Waals surface area contributed by atoms with Gasteiger partial charge < -0.3 is 10.1 Å². The SMILES string of the molecule is O=C(CN1C(=O)COc2cc(Br)ccc21)NCCCN1C(=O)CCC1=O. The minimum atomic E-state index is -0.312. The van der Waals surface area contributed by atoms with Gasteiger partial charge in [-0.1, -0.05) is 15.9 Å². The van der Waals surface area contributed by atoms with Crippen molar-refractivity contribution in [3.63, 3.8) is 0 Å². The van der Waals surface area contributed by atoms with Crippen molar-refractivity contribution in [3.05, 3.63) is 22.7 Å². The van der Waals surface area contributed by atoms with E-state index in [4.69, 9.17) is 4.74 Å². The summed E-state index contributed by atoms with van der Waals surface area (Å²) in [5.41, 5.74) is 0.549. The summed E-state index contributed by atoms with van der Waals surface area (Å²) in [6, 6.07) is 5.24. The maximum Gasteiger partial charge on any atom is 0.265 e. The zero-order valence-corrected chi connectivity index (χ0v) is 15.6. The lowest BCUT2D eigenvalue weighted by molar-refractivity contribution is -0.138. The summed E-state index contributed by atoms with van der Waals surface area (Å²) >= 11 is 3.34. The zero-order valence-electron chi connectivity index (χ0n) is 14.0. The first-order valence-corrected chi connectivity index (χ1v) is 9.07. The van der Waals surface area contributed by atoms with Crippen LogP contribution in [0.2, 0.25) is 0 Å². The molecule has 3 rings (SSSR count). The van der Waals surface area contributed by atoms with Gasteiger partial charge in [0.2, 0.25) is 17.7 Å². The first kappa shape index (κ1) is 18.4. The van der Waals surface area contributed by atoms with Gasteiger partial charge in [0.1, 0.15) is 12.3 Å². The molecule has 0 unspecified atom stereocenters. The minimum Gasteiger partial charge on any atom is -0.482 e. The van der Waals surface area contributed by atoms with Gasteiger partial charge >= 0.3 is 0 Å². The van der Waals surface area contributed by atoms with Crippen molar-refractivity contribution < 1.29 is 23.9 Å². The van der Waals surface area contributed by atoms with Gasteiger partial charge in [-0.15, -0.1) is 0 Å². The molecule has 4 amide bonds. The van der Waals surface area contributed by atoms with Crippen LogP contribution in [0.5, 0.6) is 5.75 Å². The molecule has 26 heavy (non-hydrogen) atoms. The summed E-state index contributed by atoms with van der Waals surface area (Å²) in [6.07, 6.45) is 1.00. The lowest BCUT2D eigenvalue weighted by Crippen LogP contribution is -2.45. The van der Waals surface area contributed by atoms with E-state index in [0.29, 0.717) is 30.9 Å². The third-order valence-corrected chi connectivity index (χ3v) is 4.70. The van der Waals surface area contributed by atoms with Crippen LogP contribution in [0.1, 0.15) is 19.3 Å². The van der Waals surface area contributed by atoms with Crippen LogP contribution in [0.4, 0.5) is 5.69 Å². The number of benzene rings is 1. The van der Waals surface area contributed by atoms with Gasteiger partial charge in [-0.3, -0.25) is 29.0 Å². The molecular formula is C17H18BrN3O5. The molecule has 8 nitrogen and oxygen atoms in total. The predicted molar refractivity (Wildman–Crippen MR) is 95.6 cm³/mol. The highest BCUT2D eigenvalue weighted by atomic mass is 79.9. The Morgan fingerprint density at radius 1 is 1.12 bits per heavy atom. The molecule has 0 spiro atoms. The van der Waals surface area contributed by atoms with Crippen LogP contribution in [-0.2, 0) is 19.2 Å². The highest BCUT2D eigenvalue weighted by Crippen LogP contribution is 2.34. The van der Waals surface area contributed by atoms with Gasteiger partial charge in [-0.25, -0.2) is 0 Å². The van der Waals surface area contributed by atoms with E-state index in [0.717, 1.165) is 4.47 Å². The predicted octanol–water partition coefficient (Wildman–Crippen LogP) is 0.830. The Morgan fingerprint density at radius 3 is 2.58 bits per heavy atom. The molecule has 0 aliphatic carbocycles. The second-order valence-corrected chi connectivity index (χ2v) is 6.94. The van der Waals surface area contributed by atoms with Crippen LogP contribution < -0.4 is 15.0 Å². The van der Waals surface area contributed by atoms with E-state index in [1.807, 2.05) is 0 Å². The number of hydrogen-bond donors (Lipinski definition) is 1. The Kier molecular flexibility index (Phi) is 5.55. The lowest BCUT2D eigenvalue weighted by Gasteiger charge is -2.29. The number of likely N-dealkylation sites (tertiary alicyclic amines) is 1. The second-order valence-electron chi connectivity index (χ2n) is 6.02. The molecule has 2 aliphatic heterocycles. The first-order chi connectivity index (χ1) is 12.5. The van der Waals surface area contributed by atoms with E-state index in [2.05, 4.69) is 21.2 Å². The molecule has 0 bridgehead atoms. The number of carbonyl (C=O) groups excluding carboxylic acids is 4. The topological polar surface area (TPSA) is 96.0 Å². The van der Waals surface area contributed by atoms with Crippen LogP contribution in [0.25, 0.3) is 0 Å². The van der Waals surface area contributed by atoms with E-state index in [1.165, 1.54) is 9.80 Å². The average molecular weight is 424 g/mol. The largest absolute Gasteiger partial charge is 0.482 e. The van der Waals surface area contributed by atoms with E-state index in [1.54, 1.807) is 18.2 Å². The number of rotatable bonds is 6. The van der Waals surface area contributed by atoms with Crippen molar-refractivity contribution in [2.75, 3.05) is 31.1 Å². The highest BCUT2D eigenvalue weighted by Gasteiger charge is 2.29. The molecular weight excluding hydrogens is 406 g/mol. The molecule has 9 heteroatoms.